The standard InChI is InChI=1S/C21H20N2O3/c22-12-13-4-3-5-14(10-13)19(24)18-16-8-7-15-11-21(16,26-20(18)25)17-6-1-2-9-23(15)17/h3-5,7-8,10,15,17,19,24H,1-2,6,9,11H2/t15-,17+,19?,21+/m1/s1. The lowest BCUT2D eigenvalue weighted by atomic mass is 9.78. The van der Waals surface area contributed by atoms with Crippen LogP contribution >= 0.6 is 0 Å². The van der Waals surface area contributed by atoms with Crippen LogP contribution in [0, 0.1) is 11.3 Å². The lowest BCUT2D eigenvalue weighted by Crippen LogP contribution is -2.48. The summed E-state index contributed by atoms with van der Waals surface area (Å²) in [6.45, 7) is 1.04. The fourth-order valence-electron chi connectivity index (χ4n) is 5.25. The van der Waals surface area contributed by atoms with Crippen LogP contribution < -0.4 is 0 Å². The van der Waals surface area contributed by atoms with Crippen molar-refractivity contribution in [2.24, 2.45) is 0 Å². The molecule has 1 aromatic rings. The summed E-state index contributed by atoms with van der Waals surface area (Å²) in [5, 5.41) is 20.1. The Morgan fingerprint density at radius 2 is 2.27 bits per heavy atom. The summed E-state index contributed by atoms with van der Waals surface area (Å²) in [6.07, 6.45) is 7.18. The zero-order chi connectivity index (χ0) is 17.9. The molecule has 132 valence electrons. The Bertz CT molecular complexity index is 897. The third-order valence-corrected chi connectivity index (χ3v) is 6.35. The second-order valence-electron chi connectivity index (χ2n) is 7.63. The molecule has 0 aromatic heterocycles. The van der Waals surface area contributed by atoms with Gasteiger partial charge in [-0.1, -0.05) is 30.7 Å². The van der Waals surface area contributed by atoms with Crippen LogP contribution in [0.25, 0.3) is 0 Å². The third-order valence-electron chi connectivity index (χ3n) is 6.35. The molecule has 5 heteroatoms. The van der Waals surface area contributed by atoms with E-state index >= 15 is 0 Å². The third kappa shape index (κ3) is 2.00. The maximum Gasteiger partial charge on any atom is 0.338 e. The number of esters is 1. The molecule has 1 N–H and O–H groups in total. The normalized spacial score (nSPS) is 33.5. The minimum atomic E-state index is -1.08. The second-order valence-corrected chi connectivity index (χ2v) is 7.63. The average Bonchev–Trinajstić information content (AvgIpc) is 3.12. The maximum atomic E-state index is 12.8. The Kier molecular flexibility index (Phi) is 3.37. The van der Waals surface area contributed by atoms with Gasteiger partial charge in [-0.15, -0.1) is 0 Å². The van der Waals surface area contributed by atoms with E-state index in [4.69, 9.17) is 10.00 Å². The number of rotatable bonds is 2. The number of benzene rings is 1. The summed E-state index contributed by atoms with van der Waals surface area (Å²) in [4.78, 5) is 15.3. The van der Waals surface area contributed by atoms with Crippen LogP contribution in [0.5, 0.6) is 0 Å². The minimum Gasteiger partial charge on any atom is -0.449 e. The predicted octanol–water partition coefficient (Wildman–Crippen LogP) is 2.38. The van der Waals surface area contributed by atoms with Gasteiger partial charge in [-0.25, -0.2) is 4.79 Å². The molecule has 0 amide bonds. The van der Waals surface area contributed by atoms with Gasteiger partial charge in [-0.05, 0) is 37.1 Å². The van der Waals surface area contributed by atoms with E-state index in [0.29, 0.717) is 22.7 Å². The van der Waals surface area contributed by atoms with E-state index in [1.165, 1.54) is 6.42 Å². The van der Waals surface area contributed by atoms with Gasteiger partial charge in [-0.3, -0.25) is 4.90 Å². The highest BCUT2D eigenvalue weighted by Gasteiger charge is 2.62. The molecule has 0 radical (unpaired) electrons. The van der Waals surface area contributed by atoms with Gasteiger partial charge in [0, 0.05) is 18.0 Å². The number of nitrogens with zero attached hydrogens (tertiary/aromatic N) is 2. The summed E-state index contributed by atoms with van der Waals surface area (Å²) < 4.78 is 5.99. The van der Waals surface area contributed by atoms with E-state index in [9.17, 15) is 9.90 Å². The molecule has 1 spiro atoms. The number of hydrogen-bond donors (Lipinski definition) is 1. The summed E-state index contributed by atoms with van der Waals surface area (Å²) >= 11 is 0. The van der Waals surface area contributed by atoms with Crippen molar-refractivity contribution in [2.75, 3.05) is 6.54 Å². The number of piperidine rings is 1. The molecule has 4 atom stereocenters. The summed E-state index contributed by atoms with van der Waals surface area (Å²) in [6, 6.07) is 9.38. The van der Waals surface area contributed by atoms with E-state index in [1.54, 1.807) is 24.3 Å². The molecule has 0 saturated carbocycles. The number of fused-ring (bicyclic) bond motifs is 3. The van der Waals surface area contributed by atoms with Gasteiger partial charge in [0.1, 0.15) is 6.10 Å². The van der Waals surface area contributed by atoms with Crippen LogP contribution in [-0.2, 0) is 9.53 Å². The summed E-state index contributed by atoms with van der Waals surface area (Å²) in [5.41, 5.74) is 1.58. The quantitative estimate of drug-likeness (QED) is 0.831. The lowest BCUT2D eigenvalue weighted by molar-refractivity contribution is -0.150. The molecule has 26 heavy (non-hydrogen) atoms. The molecular formula is C21H20N2O3. The van der Waals surface area contributed by atoms with Gasteiger partial charge in [0.15, 0.2) is 5.60 Å². The topological polar surface area (TPSA) is 73.6 Å². The Balaban J connectivity index is 1.61. The Morgan fingerprint density at radius 3 is 3.12 bits per heavy atom. The molecule has 5 rings (SSSR count). The molecule has 1 aromatic carbocycles. The van der Waals surface area contributed by atoms with Gasteiger partial charge in [-0.2, -0.15) is 5.26 Å². The molecule has 1 unspecified atom stereocenters. The number of ether oxygens (including phenoxy) is 1. The zero-order valence-electron chi connectivity index (χ0n) is 14.4. The molecule has 2 fully saturated rings. The zero-order valence-corrected chi connectivity index (χ0v) is 14.4. The fourth-order valence-corrected chi connectivity index (χ4v) is 5.25. The van der Waals surface area contributed by atoms with E-state index in [2.05, 4.69) is 17.0 Å². The van der Waals surface area contributed by atoms with Crippen LogP contribution in [0.15, 0.2) is 47.6 Å². The second kappa shape index (κ2) is 5.54. The van der Waals surface area contributed by atoms with Crippen LogP contribution in [0.2, 0.25) is 0 Å². The number of hydrogen-bond acceptors (Lipinski definition) is 5. The van der Waals surface area contributed by atoms with Crippen molar-refractivity contribution in [3.05, 3.63) is 58.7 Å². The monoisotopic (exact) mass is 348 g/mol. The Morgan fingerprint density at radius 1 is 1.38 bits per heavy atom. The van der Waals surface area contributed by atoms with Crippen molar-refractivity contribution >= 4 is 5.97 Å². The van der Waals surface area contributed by atoms with Gasteiger partial charge < -0.3 is 9.84 Å². The first-order valence-corrected chi connectivity index (χ1v) is 9.24. The van der Waals surface area contributed by atoms with Crippen LogP contribution in [0.1, 0.15) is 42.9 Å². The molecule has 2 saturated heterocycles. The molecular weight excluding hydrogens is 328 g/mol. The van der Waals surface area contributed by atoms with Crippen molar-refractivity contribution in [1.29, 1.82) is 5.26 Å². The molecule has 5 nitrogen and oxygen atoms in total. The highest BCUT2D eigenvalue weighted by Crippen LogP contribution is 2.54. The predicted molar refractivity (Wildman–Crippen MR) is 93.9 cm³/mol. The van der Waals surface area contributed by atoms with Crippen LogP contribution in [0.4, 0.5) is 0 Å². The fraction of sp³-hybridized carbons (Fsp3) is 0.429. The molecule has 1 aliphatic carbocycles. The van der Waals surface area contributed by atoms with Gasteiger partial charge in [0.05, 0.1) is 23.2 Å². The molecule has 2 bridgehead atoms. The average molecular weight is 348 g/mol. The van der Waals surface area contributed by atoms with Crippen molar-refractivity contribution in [3.63, 3.8) is 0 Å². The SMILES string of the molecule is N#Cc1cccc(C(O)C2=C3C=C[C@@H]4C[C@@]3(OC2=O)[C@@H]2CCCCN42)c1. The number of carbonyl (C=O) groups excluding carboxylic acids is 1. The Hall–Kier alpha value is -2.42. The first-order valence-electron chi connectivity index (χ1n) is 9.24. The largest absolute Gasteiger partial charge is 0.449 e. The van der Waals surface area contributed by atoms with Crippen molar-refractivity contribution in [1.82, 2.24) is 4.90 Å². The summed E-state index contributed by atoms with van der Waals surface area (Å²) in [5.74, 6) is -0.424. The first kappa shape index (κ1) is 15.8. The van der Waals surface area contributed by atoms with Crippen molar-refractivity contribution in [3.8, 4) is 6.07 Å². The number of aliphatic hydroxyl groups excluding tert-OH is 1. The van der Waals surface area contributed by atoms with Crippen LogP contribution in [-0.4, -0.2) is 40.2 Å². The first-order chi connectivity index (χ1) is 12.6. The minimum absolute atomic E-state index is 0.199. The molecule has 3 heterocycles. The van der Waals surface area contributed by atoms with E-state index < -0.39 is 17.7 Å². The van der Waals surface area contributed by atoms with E-state index in [-0.39, 0.29) is 6.04 Å². The van der Waals surface area contributed by atoms with Crippen molar-refractivity contribution in [2.45, 2.75) is 49.5 Å². The highest BCUT2D eigenvalue weighted by molar-refractivity contribution is 5.96. The lowest BCUT2D eigenvalue weighted by Gasteiger charge is -2.37. The molecule has 4 aliphatic rings. The molecule has 3 aliphatic heterocycles. The number of carbonyl (C=O) groups is 1. The number of aliphatic hydroxyl groups is 1. The van der Waals surface area contributed by atoms with Gasteiger partial charge >= 0.3 is 5.97 Å². The van der Waals surface area contributed by atoms with E-state index in [0.717, 1.165) is 31.4 Å². The highest BCUT2D eigenvalue weighted by atomic mass is 16.6. The Labute approximate surface area is 152 Å². The maximum absolute atomic E-state index is 12.8. The van der Waals surface area contributed by atoms with E-state index in [1.807, 2.05) is 6.08 Å². The number of nitriles is 1. The van der Waals surface area contributed by atoms with Gasteiger partial charge in [0.25, 0.3) is 0 Å². The van der Waals surface area contributed by atoms with Crippen molar-refractivity contribution < 1.29 is 14.6 Å². The summed E-state index contributed by atoms with van der Waals surface area (Å²) in [7, 11) is 0. The smallest absolute Gasteiger partial charge is 0.338 e. The van der Waals surface area contributed by atoms with Gasteiger partial charge in [0.2, 0.25) is 0 Å². The van der Waals surface area contributed by atoms with Crippen LogP contribution in [0.3, 0.4) is 0 Å².